The minimum atomic E-state index is 0.0250. The Hall–Kier alpha value is -1.32. The van der Waals surface area contributed by atoms with Gasteiger partial charge in [-0.3, -0.25) is 4.79 Å². The standard InChI is InChI=1S/C15H18ClNO2/c1-11-9-17(10-12(2)19-11)15(18)8-5-13-3-6-14(16)7-4-13/h3-8,11-12H,9-10H2,1-2H3/b8-5+/t11-,12-/m1/s1. The van der Waals surface area contributed by atoms with Crippen LogP contribution < -0.4 is 0 Å². The molecule has 1 aliphatic rings. The molecule has 0 radical (unpaired) electrons. The van der Waals surface area contributed by atoms with E-state index in [1.165, 1.54) is 0 Å². The summed E-state index contributed by atoms with van der Waals surface area (Å²) in [4.78, 5) is 13.9. The lowest BCUT2D eigenvalue weighted by Gasteiger charge is -2.34. The normalized spacial score (nSPS) is 23.8. The largest absolute Gasteiger partial charge is 0.372 e. The van der Waals surface area contributed by atoms with Crippen molar-refractivity contribution in [1.82, 2.24) is 4.90 Å². The number of carbonyl (C=O) groups is 1. The lowest BCUT2D eigenvalue weighted by Crippen LogP contribution is -2.47. The van der Waals surface area contributed by atoms with Gasteiger partial charge in [0.25, 0.3) is 0 Å². The number of ether oxygens (including phenoxy) is 1. The summed E-state index contributed by atoms with van der Waals surface area (Å²) in [5.74, 6) is 0.0250. The number of halogens is 1. The maximum absolute atomic E-state index is 12.1. The molecule has 1 saturated heterocycles. The Morgan fingerprint density at radius 3 is 2.42 bits per heavy atom. The van der Waals surface area contributed by atoms with Gasteiger partial charge in [-0.15, -0.1) is 0 Å². The van der Waals surface area contributed by atoms with E-state index in [4.69, 9.17) is 16.3 Å². The number of carbonyl (C=O) groups excluding carboxylic acids is 1. The summed E-state index contributed by atoms with van der Waals surface area (Å²) >= 11 is 5.82. The van der Waals surface area contributed by atoms with E-state index in [1.807, 2.05) is 49.1 Å². The molecule has 2 rings (SSSR count). The smallest absolute Gasteiger partial charge is 0.246 e. The fraction of sp³-hybridized carbons (Fsp3) is 0.400. The van der Waals surface area contributed by atoms with Gasteiger partial charge in [-0.05, 0) is 37.6 Å². The van der Waals surface area contributed by atoms with Crippen LogP contribution in [0, 0.1) is 0 Å². The van der Waals surface area contributed by atoms with Gasteiger partial charge in [0.2, 0.25) is 5.91 Å². The fourth-order valence-corrected chi connectivity index (χ4v) is 2.33. The van der Waals surface area contributed by atoms with Gasteiger partial charge in [-0.2, -0.15) is 0 Å². The Kier molecular flexibility index (Phi) is 4.61. The Morgan fingerprint density at radius 1 is 1.26 bits per heavy atom. The first-order chi connectivity index (χ1) is 9.04. The monoisotopic (exact) mass is 279 g/mol. The molecule has 102 valence electrons. The summed E-state index contributed by atoms with van der Waals surface area (Å²) < 4.78 is 5.61. The lowest BCUT2D eigenvalue weighted by molar-refractivity contribution is -0.137. The Balaban J connectivity index is 1.98. The third-order valence-corrected chi connectivity index (χ3v) is 3.27. The number of morpholine rings is 1. The van der Waals surface area contributed by atoms with Gasteiger partial charge in [-0.25, -0.2) is 0 Å². The quantitative estimate of drug-likeness (QED) is 0.779. The molecule has 1 amide bonds. The highest BCUT2D eigenvalue weighted by atomic mass is 35.5. The van der Waals surface area contributed by atoms with E-state index in [9.17, 15) is 4.79 Å². The van der Waals surface area contributed by atoms with Crippen molar-refractivity contribution in [3.63, 3.8) is 0 Å². The maximum atomic E-state index is 12.1. The number of rotatable bonds is 2. The topological polar surface area (TPSA) is 29.5 Å². The Morgan fingerprint density at radius 2 is 1.84 bits per heavy atom. The first kappa shape index (κ1) is 14.1. The van der Waals surface area contributed by atoms with Crippen molar-refractivity contribution >= 4 is 23.6 Å². The minimum absolute atomic E-state index is 0.0250. The van der Waals surface area contributed by atoms with Crippen LogP contribution >= 0.6 is 11.6 Å². The van der Waals surface area contributed by atoms with E-state index < -0.39 is 0 Å². The number of benzene rings is 1. The zero-order valence-electron chi connectivity index (χ0n) is 11.2. The molecule has 1 aromatic rings. The van der Waals surface area contributed by atoms with E-state index in [-0.39, 0.29) is 18.1 Å². The minimum Gasteiger partial charge on any atom is -0.372 e. The molecule has 19 heavy (non-hydrogen) atoms. The van der Waals surface area contributed by atoms with Crippen LogP contribution in [-0.4, -0.2) is 36.1 Å². The van der Waals surface area contributed by atoms with Gasteiger partial charge in [0, 0.05) is 24.2 Å². The van der Waals surface area contributed by atoms with Crippen LogP contribution in [0.2, 0.25) is 5.02 Å². The van der Waals surface area contributed by atoms with Gasteiger partial charge in [0.15, 0.2) is 0 Å². The average Bonchev–Trinajstić information content (AvgIpc) is 2.36. The van der Waals surface area contributed by atoms with Crippen LogP contribution in [0.25, 0.3) is 6.08 Å². The molecule has 0 bridgehead atoms. The number of amides is 1. The summed E-state index contributed by atoms with van der Waals surface area (Å²) in [7, 11) is 0. The van der Waals surface area contributed by atoms with Crippen molar-refractivity contribution in [2.45, 2.75) is 26.1 Å². The van der Waals surface area contributed by atoms with Gasteiger partial charge in [-0.1, -0.05) is 23.7 Å². The fourth-order valence-electron chi connectivity index (χ4n) is 2.20. The van der Waals surface area contributed by atoms with Crippen LogP contribution in [-0.2, 0) is 9.53 Å². The molecule has 1 fully saturated rings. The molecule has 0 aliphatic carbocycles. The Labute approximate surface area is 118 Å². The van der Waals surface area contributed by atoms with Crippen molar-refractivity contribution in [1.29, 1.82) is 0 Å². The second-order valence-corrected chi connectivity index (χ2v) is 5.32. The molecule has 0 aromatic heterocycles. The maximum Gasteiger partial charge on any atom is 0.246 e. The number of hydrogen-bond donors (Lipinski definition) is 0. The van der Waals surface area contributed by atoms with E-state index in [0.717, 1.165) is 5.56 Å². The highest BCUT2D eigenvalue weighted by molar-refractivity contribution is 6.30. The van der Waals surface area contributed by atoms with Crippen molar-refractivity contribution in [3.8, 4) is 0 Å². The SMILES string of the molecule is C[C@@H]1CN(C(=O)/C=C/c2ccc(Cl)cc2)C[C@@H](C)O1. The van der Waals surface area contributed by atoms with Crippen molar-refractivity contribution in [2.24, 2.45) is 0 Å². The number of nitrogens with zero attached hydrogens (tertiary/aromatic N) is 1. The molecule has 0 saturated carbocycles. The van der Waals surface area contributed by atoms with Crippen molar-refractivity contribution in [2.75, 3.05) is 13.1 Å². The lowest BCUT2D eigenvalue weighted by atomic mass is 10.2. The predicted octanol–water partition coefficient (Wildman–Crippen LogP) is 2.99. The summed E-state index contributed by atoms with van der Waals surface area (Å²) in [5, 5.41) is 0.694. The van der Waals surface area contributed by atoms with Crippen molar-refractivity contribution < 1.29 is 9.53 Å². The molecule has 1 heterocycles. The van der Waals surface area contributed by atoms with E-state index >= 15 is 0 Å². The van der Waals surface area contributed by atoms with E-state index in [2.05, 4.69) is 0 Å². The summed E-state index contributed by atoms with van der Waals surface area (Å²) in [5.41, 5.74) is 0.965. The number of hydrogen-bond acceptors (Lipinski definition) is 2. The molecule has 2 atom stereocenters. The highest BCUT2D eigenvalue weighted by Gasteiger charge is 2.24. The zero-order chi connectivity index (χ0) is 13.8. The molecule has 0 N–H and O–H groups in total. The molecule has 3 nitrogen and oxygen atoms in total. The van der Waals surface area contributed by atoms with Crippen molar-refractivity contribution in [3.05, 3.63) is 40.9 Å². The Bertz CT molecular complexity index is 460. The molecule has 1 aromatic carbocycles. The predicted molar refractivity (Wildman–Crippen MR) is 77.1 cm³/mol. The van der Waals surface area contributed by atoms with Crippen LogP contribution in [0.15, 0.2) is 30.3 Å². The first-order valence-corrected chi connectivity index (χ1v) is 6.80. The van der Waals surface area contributed by atoms with Gasteiger partial charge >= 0.3 is 0 Å². The van der Waals surface area contributed by atoms with E-state index in [0.29, 0.717) is 18.1 Å². The summed E-state index contributed by atoms with van der Waals surface area (Å²) in [6.07, 6.45) is 3.60. The van der Waals surface area contributed by atoms with Gasteiger partial charge in [0.05, 0.1) is 12.2 Å². The van der Waals surface area contributed by atoms with Crippen LogP contribution in [0.5, 0.6) is 0 Å². The molecule has 1 aliphatic heterocycles. The summed E-state index contributed by atoms with van der Waals surface area (Å²) in [6.45, 7) is 5.26. The van der Waals surface area contributed by atoms with Crippen LogP contribution in [0.4, 0.5) is 0 Å². The molecule has 0 spiro atoms. The zero-order valence-corrected chi connectivity index (χ0v) is 11.9. The molecule has 0 unspecified atom stereocenters. The average molecular weight is 280 g/mol. The van der Waals surface area contributed by atoms with Crippen LogP contribution in [0.1, 0.15) is 19.4 Å². The van der Waals surface area contributed by atoms with Gasteiger partial charge < -0.3 is 9.64 Å². The van der Waals surface area contributed by atoms with Crippen LogP contribution in [0.3, 0.4) is 0 Å². The highest BCUT2D eigenvalue weighted by Crippen LogP contribution is 2.13. The second kappa shape index (κ2) is 6.22. The van der Waals surface area contributed by atoms with E-state index in [1.54, 1.807) is 6.08 Å². The molecular weight excluding hydrogens is 262 g/mol. The molecule has 4 heteroatoms. The molecular formula is C15H18ClNO2. The summed E-state index contributed by atoms with van der Waals surface area (Å²) in [6, 6.07) is 7.39. The third-order valence-electron chi connectivity index (χ3n) is 3.02. The third kappa shape index (κ3) is 4.08. The first-order valence-electron chi connectivity index (χ1n) is 6.42. The van der Waals surface area contributed by atoms with Gasteiger partial charge in [0.1, 0.15) is 0 Å². The second-order valence-electron chi connectivity index (χ2n) is 4.89.